The Balaban J connectivity index is 2.10. The summed E-state index contributed by atoms with van der Waals surface area (Å²) in [6.45, 7) is 10.2. The molecule has 0 atom stereocenters. The van der Waals surface area contributed by atoms with Gasteiger partial charge in [-0.2, -0.15) is 5.10 Å². The van der Waals surface area contributed by atoms with Gasteiger partial charge < -0.3 is 10.6 Å². The lowest BCUT2D eigenvalue weighted by Gasteiger charge is -2.38. The van der Waals surface area contributed by atoms with Gasteiger partial charge in [0, 0.05) is 13.1 Å². The molecule has 0 saturated carbocycles. The van der Waals surface area contributed by atoms with Crippen LogP contribution in [-0.2, 0) is 0 Å². The lowest BCUT2D eigenvalue weighted by atomic mass is 9.78. The molecule has 5 heteroatoms. The SMILES string of the molecule is CCC1(C)CCN(C(=O)c2n[nH]c(C(C)C)c2N)CC1. The topological polar surface area (TPSA) is 75.0 Å². The molecule has 112 valence electrons. The highest BCUT2D eigenvalue weighted by molar-refractivity contribution is 5.97. The van der Waals surface area contributed by atoms with Gasteiger partial charge in [-0.1, -0.05) is 34.1 Å². The maximum Gasteiger partial charge on any atom is 0.276 e. The van der Waals surface area contributed by atoms with Crippen LogP contribution < -0.4 is 5.73 Å². The summed E-state index contributed by atoms with van der Waals surface area (Å²) in [6.07, 6.45) is 3.27. The number of nitrogens with two attached hydrogens (primary N) is 1. The molecule has 20 heavy (non-hydrogen) atoms. The van der Waals surface area contributed by atoms with Gasteiger partial charge in [-0.25, -0.2) is 0 Å². The van der Waals surface area contributed by atoms with Crippen LogP contribution in [0.5, 0.6) is 0 Å². The summed E-state index contributed by atoms with van der Waals surface area (Å²) in [5.74, 6) is 0.206. The molecule has 1 amide bonds. The Morgan fingerprint density at radius 2 is 2.05 bits per heavy atom. The van der Waals surface area contributed by atoms with Gasteiger partial charge in [0.1, 0.15) is 0 Å². The Hall–Kier alpha value is -1.52. The van der Waals surface area contributed by atoms with Crippen LogP contribution in [0.15, 0.2) is 0 Å². The number of amides is 1. The van der Waals surface area contributed by atoms with Crippen molar-refractivity contribution in [2.24, 2.45) is 5.41 Å². The number of carbonyl (C=O) groups is 1. The summed E-state index contributed by atoms with van der Waals surface area (Å²) in [4.78, 5) is 14.4. The first-order valence-corrected chi connectivity index (χ1v) is 7.51. The smallest absolute Gasteiger partial charge is 0.276 e. The van der Waals surface area contributed by atoms with Crippen molar-refractivity contribution in [3.05, 3.63) is 11.4 Å². The molecular weight excluding hydrogens is 252 g/mol. The van der Waals surface area contributed by atoms with Crippen molar-refractivity contribution in [1.29, 1.82) is 0 Å². The van der Waals surface area contributed by atoms with E-state index in [2.05, 4.69) is 24.0 Å². The zero-order valence-electron chi connectivity index (χ0n) is 13.0. The largest absolute Gasteiger partial charge is 0.395 e. The standard InChI is InChI=1S/C15H26N4O/c1-5-15(4)6-8-19(9-7-15)14(20)13-11(16)12(10(2)3)17-18-13/h10H,5-9,16H2,1-4H3,(H,17,18). The fourth-order valence-corrected chi connectivity index (χ4v) is 2.72. The number of nitrogens with zero attached hydrogens (tertiary/aromatic N) is 2. The van der Waals surface area contributed by atoms with Gasteiger partial charge in [0.25, 0.3) is 5.91 Å². The summed E-state index contributed by atoms with van der Waals surface area (Å²) < 4.78 is 0. The Bertz CT molecular complexity index is 484. The number of rotatable bonds is 3. The molecule has 0 unspecified atom stereocenters. The molecule has 0 spiro atoms. The van der Waals surface area contributed by atoms with Crippen LogP contribution in [0.3, 0.4) is 0 Å². The molecule has 1 fully saturated rings. The lowest BCUT2D eigenvalue weighted by molar-refractivity contribution is 0.0595. The zero-order chi connectivity index (χ0) is 14.9. The minimum absolute atomic E-state index is 0.0381. The van der Waals surface area contributed by atoms with E-state index in [0.29, 0.717) is 16.8 Å². The molecular formula is C15H26N4O. The van der Waals surface area contributed by atoms with Gasteiger partial charge in [0.05, 0.1) is 11.4 Å². The minimum atomic E-state index is -0.0381. The lowest BCUT2D eigenvalue weighted by Crippen LogP contribution is -2.42. The number of aromatic amines is 1. The van der Waals surface area contributed by atoms with E-state index in [1.54, 1.807) is 0 Å². The molecule has 0 aliphatic carbocycles. The van der Waals surface area contributed by atoms with Crippen molar-refractivity contribution in [2.75, 3.05) is 18.8 Å². The summed E-state index contributed by atoms with van der Waals surface area (Å²) >= 11 is 0. The first-order valence-electron chi connectivity index (χ1n) is 7.51. The molecule has 2 rings (SSSR count). The third-order valence-corrected chi connectivity index (χ3v) is 4.72. The van der Waals surface area contributed by atoms with Crippen molar-refractivity contribution in [2.45, 2.75) is 52.9 Å². The van der Waals surface area contributed by atoms with Crippen LogP contribution in [0.2, 0.25) is 0 Å². The molecule has 1 aromatic rings. The Morgan fingerprint density at radius 1 is 1.45 bits per heavy atom. The Morgan fingerprint density at radius 3 is 2.50 bits per heavy atom. The molecule has 1 aliphatic rings. The second-order valence-corrected chi connectivity index (χ2v) is 6.51. The van der Waals surface area contributed by atoms with Gasteiger partial charge in [-0.05, 0) is 24.2 Å². The van der Waals surface area contributed by atoms with E-state index in [9.17, 15) is 4.79 Å². The molecule has 1 saturated heterocycles. The molecule has 0 bridgehead atoms. The highest BCUT2D eigenvalue weighted by Crippen LogP contribution is 2.34. The highest BCUT2D eigenvalue weighted by atomic mass is 16.2. The maximum atomic E-state index is 12.5. The quantitative estimate of drug-likeness (QED) is 0.892. The van der Waals surface area contributed by atoms with E-state index >= 15 is 0 Å². The van der Waals surface area contributed by atoms with Crippen molar-refractivity contribution < 1.29 is 4.79 Å². The molecule has 0 aromatic carbocycles. The predicted octanol–water partition coefficient (Wildman–Crippen LogP) is 2.77. The molecule has 5 nitrogen and oxygen atoms in total. The minimum Gasteiger partial charge on any atom is -0.395 e. The second-order valence-electron chi connectivity index (χ2n) is 6.51. The van der Waals surface area contributed by atoms with Crippen LogP contribution in [0.1, 0.15) is 69.1 Å². The normalized spacial score (nSPS) is 18.6. The van der Waals surface area contributed by atoms with Crippen molar-refractivity contribution in [1.82, 2.24) is 15.1 Å². The molecule has 2 heterocycles. The number of anilines is 1. The average Bonchev–Trinajstić information content (AvgIpc) is 2.81. The van der Waals surface area contributed by atoms with Crippen LogP contribution in [0, 0.1) is 5.41 Å². The third-order valence-electron chi connectivity index (χ3n) is 4.72. The van der Waals surface area contributed by atoms with E-state index in [4.69, 9.17) is 5.73 Å². The van der Waals surface area contributed by atoms with Crippen LogP contribution in [0.4, 0.5) is 5.69 Å². The first kappa shape index (κ1) is 14.9. The number of carbonyl (C=O) groups excluding carboxylic acids is 1. The van der Waals surface area contributed by atoms with Crippen LogP contribution in [0.25, 0.3) is 0 Å². The number of hydrogen-bond acceptors (Lipinski definition) is 3. The van der Waals surface area contributed by atoms with Crippen LogP contribution in [-0.4, -0.2) is 34.1 Å². The summed E-state index contributed by atoms with van der Waals surface area (Å²) in [5, 5.41) is 7.03. The number of nitrogens with one attached hydrogen (secondary N) is 1. The predicted molar refractivity (Wildman–Crippen MR) is 80.6 cm³/mol. The number of nitrogen functional groups attached to an aromatic ring is 1. The van der Waals surface area contributed by atoms with Gasteiger partial charge >= 0.3 is 0 Å². The number of H-pyrrole nitrogens is 1. The molecule has 3 N–H and O–H groups in total. The number of likely N-dealkylation sites (tertiary alicyclic amines) is 1. The van der Waals surface area contributed by atoms with Crippen LogP contribution >= 0.6 is 0 Å². The molecule has 1 aliphatic heterocycles. The van der Waals surface area contributed by atoms with Gasteiger partial charge in [-0.15, -0.1) is 0 Å². The fourth-order valence-electron chi connectivity index (χ4n) is 2.72. The highest BCUT2D eigenvalue weighted by Gasteiger charge is 2.32. The van der Waals surface area contributed by atoms with Gasteiger partial charge in [-0.3, -0.25) is 9.89 Å². The molecule has 1 aromatic heterocycles. The fraction of sp³-hybridized carbons (Fsp3) is 0.733. The zero-order valence-corrected chi connectivity index (χ0v) is 13.0. The van der Waals surface area contributed by atoms with E-state index in [1.807, 2.05) is 18.7 Å². The van der Waals surface area contributed by atoms with E-state index < -0.39 is 0 Å². The van der Waals surface area contributed by atoms with Gasteiger partial charge in [0.2, 0.25) is 0 Å². The maximum absolute atomic E-state index is 12.5. The summed E-state index contributed by atoms with van der Waals surface area (Å²) in [7, 11) is 0. The average molecular weight is 278 g/mol. The Kier molecular flexibility index (Phi) is 4.06. The van der Waals surface area contributed by atoms with Gasteiger partial charge in [0.15, 0.2) is 5.69 Å². The Labute approximate surface area is 120 Å². The van der Waals surface area contributed by atoms with Crippen molar-refractivity contribution in [3.8, 4) is 0 Å². The van der Waals surface area contributed by atoms with E-state index in [0.717, 1.165) is 38.0 Å². The number of aromatic nitrogens is 2. The van der Waals surface area contributed by atoms with Crippen molar-refractivity contribution in [3.63, 3.8) is 0 Å². The second kappa shape index (κ2) is 5.46. The van der Waals surface area contributed by atoms with E-state index in [-0.39, 0.29) is 11.8 Å². The third kappa shape index (κ3) is 2.67. The monoisotopic (exact) mass is 278 g/mol. The first-order chi connectivity index (χ1) is 9.38. The number of hydrogen-bond donors (Lipinski definition) is 2. The number of piperidine rings is 1. The molecule has 0 radical (unpaired) electrons. The van der Waals surface area contributed by atoms with Crippen molar-refractivity contribution >= 4 is 11.6 Å². The summed E-state index contributed by atoms with van der Waals surface area (Å²) in [5.41, 5.74) is 8.16. The summed E-state index contributed by atoms with van der Waals surface area (Å²) in [6, 6.07) is 0. The van der Waals surface area contributed by atoms with E-state index in [1.165, 1.54) is 0 Å².